The van der Waals surface area contributed by atoms with Crippen molar-refractivity contribution < 1.29 is 81.4 Å². The maximum absolute atomic E-state index is 15.8. The second-order valence-corrected chi connectivity index (χ2v) is 14.4. The van der Waals surface area contributed by atoms with Crippen LogP contribution in [0.3, 0.4) is 0 Å². The summed E-state index contributed by atoms with van der Waals surface area (Å²) in [5, 5.41) is 61.4. The van der Waals surface area contributed by atoms with E-state index >= 15 is 4.39 Å². The fourth-order valence-electron chi connectivity index (χ4n) is 4.10. The summed E-state index contributed by atoms with van der Waals surface area (Å²) in [5.74, 6) is -4.37. The molecule has 1 aromatic rings. The van der Waals surface area contributed by atoms with E-state index in [4.69, 9.17) is 30.6 Å². The van der Waals surface area contributed by atoms with Crippen molar-refractivity contribution in [2.24, 2.45) is 5.73 Å². The molecule has 1 aromatic heterocycles. The number of hydrogen-bond acceptors (Lipinski definition) is 16. The molecule has 3 rings (SSSR count). The largest absolute Gasteiger partial charge is 0.481 e. The van der Waals surface area contributed by atoms with Gasteiger partial charge in [0.15, 0.2) is 18.6 Å². The predicted octanol–water partition coefficient (Wildman–Crippen LogP) is -2.05. The van der Waals surface area contributed by atoms with Gasteiger partial charge in [0.2, 0.25) is 0 Å². The first-order valence-corrected chi connectivity index (χ1v) is 16.4. The highest BCUT2D eigenvalue weighted by molar-refractivity contribution is 8.08. The minimum Gasteiger partial charge on any atom is -0.397 e. The Hall–Kier alpha value is -1.07. The van der Waals surface area contributed by atoms with E-state index in [-0.39, 0.29) is 16.1 Å². The molecule has 0 aliphatic carbocycles. The van der Waals surface area contributed by atoms with E-state index in [1.54, 1.807) is 0 Å². The summed E-state index contributed by atoms with van der Waals surface area (Å²) >= 11 is 5.30. The van der Waals surface area contributed by atoms with Gasteiger partial charge in [-0.25, -0.2) is 17.7 Å². The lowest BCUT2D eigenvalue weighted by Crippen LogP contribution is -2.60. The van der Waals surface area contributed by atoms with Crippen LogP contribution in [-0.4, -0.2) is 114 Å². The van der Waals surface area contributed by atoms with Gasteiger partial charge in [0.05, 0.1) is 12.3 Å². The van der Waals surface area contributed by atoms with Crippen LogP contribution in [-0.2, 0) is 39.2 Å². The maximum atomic E-state index is 15.8. The smallest absolute Gasteiger partial charge is 0.397 e. The Morgan fingerprint density at radius 2 is 1.90 bits per heavy atom. The lowest BCUT2D eigenvalue weighted by Gasteiger charge is -2.41. The SMILES string of the molecule is C=C[C@]1(O)[C@H](c2csc(C(N)=O)c2N)O[C@](F)(COP(O)(=S)OP(=O)(O)OC2OC([C@@H](F)CO)C(O)C(O)C2O)[C@H]1O. The Morgan fingerprint density at radius 1 is 1.29 bits per heavy atom. The number of hydrogen-bond donors (Lipinski definition) is 10. The van der Waals surface area contributed by atoms with Crippen LogP contribution in [0.25, 0.3) is 0 Å². The Labute approximate surface area is 244 Å². The number of amides is 1. The molecule has 2 fully saturated rings. The van der Waals surface area contributed by atoms with Crippen molar-refractivity contribution in [2.75, 3.05) is 18.9 Å². The number of phosphoric ester groups is 1. The fraction of sp³-hybridized carbons (Fsp3) is 0.632. The highest BCUT2D eigenvalue weighted by Gasteiger charge is 2.64. The van der Waals surface area contributed by atoms with Gasteiger partial charge in [0, 0.05) is 5.56 Å². The average Bonchev–Trinajstić information content (AvgIpc) is 3.38. The van der Waals surface area contributed by atoms with Gasteiger partial charge in [0.25, 0.3) is 11.8 Å². The van der Waals surface area contributed by atoms with Gasteiger partial charge in [-0.15, -0.1) is 17.9 Å². The monoisotopic (exact) mass is 688 g/mol. The van der Waals surface area contributed by atoms with E-state index < -0.39 is 94.2 Å². The molecule has 7 unspecified atom stereocenters. The van der Waals surface area contributed by atoms with Crippen LogP contribution in [0.4, 0.5) is 14.5 Å². The topological polar surface area (TPSA) is 294 Å². The van der Waals surface area contributed by atoms with Crippen LogP contribution in [0.1, 0.15) is 21.3 Å². The van der Waals surface area contributed by atoms with Gasteiger partial charge in [0.1, 0.15) is 47.6 Å². The molecule has 0 aromatic carbocycles. The number of phosphoric acid groups is 1. The average molecular weight is 689 g/mol. The Bertz CT molecular complexity index is 1280. The highest BCUT2D eigenvalue weighted by atomic mass is 32.5. The predicted molar refractivity (Wildman–Crippen MR) is 139 cm³/mol. The molecule has 12 atom stereocenters. The minimum atomic E-state index is -5.68. The van der Waals surface area contributed by atoms with E-state index in [2.05, 4.69) is 27.2 Å². The second kappa shape index (κ2) is 12.7. The summed E-state index contributed by atoms with van der Waals surface area (Å²) in [5.41, 5.74) is 7.98. The number of ether oxygens (including phenoxy) is 2. The normalized spacial score (nSPS) is 38.9. The molecule has 3 heterocycles. The van der Waals surface area contributed by atoms with Crippen molar-refractivity contribution >= 4 is 49.3 Å². The van der Waals surface area contributed by atoms with Crippen molar-refractivity contribution in [1.82, 2.24) is 0 Å². The standard InChI is InChI=1S/C19H28F2N2O15P2S2/c1-2-18(30)14(6-4-42-13(8(6)22)15(23)28)36-19(21,17(18)29)5-34-40(33,41)38-39(31,32)37-16-11(27)9(25)10(26)12(35-16)7(20)3-24/h2,4,7,9-12,14,16-17,24-27,29-30H,1,3,5,22H2,(H2,23,28)(H,31,32)(H,33,41)/t7-,9?,10?,11?,12?,14-,16?,17-,18-,19+,40?/m0/s1. The Morgan fingerprint density at radius 3 is 2.43 bits per heavy atom. The molecule has 17 nitrogen and oxygen atoms in total. The van der Waals surface area contributed by atoms with Crippen molar-refractivity contribution in [3.63, 3.8) is 0 Å². The molecule has 0 bridgehead atoms. The number of halogens is 2. The van der Waals surface area contributed by atoms with Crippen LogP contribution in [0, 0.1) is 0 Å². The number of alkyl halides is 2. The number of primary amides is 1. The van der Waals surface area contributed by atoms with Gasteiger partial charge < -0.3 is 65.9 Å². The quantitative estimate of drug-likeness (QED) is 0.0835. The third-order valence-corrected chi connectivity index (χ3v) is 10.8. The Balaban J connectivity index is 1.74. The van der Waals surface area contributed by atoms with Gasteiger partial charge in [-0.2, -0.15) is 0 Å². The van der Waals surface area contributed by atoms with Gasteiger partial charge in [-0.05, 0) is 17.2 Å². The number of rotatable bonds is 12. The summed E-state index contributed by atoms with van der Waals surface area (Å²) in [6.45, 7) is -4.50. The van der Waals surface area contributed by atoms with E-state index in [0.717, 1.165) is 11.3 Å². The molecule has 2 aliphatic heterocycles. The van der Waals surface area contributed by atoms with E-state index in [1.807, 2.05) is 0 Å². The zero-order valence-corrected chi connectivity index (χ0v) is 24.4. The van der Waals surface area contributed by atoms with Crippen LogP contribution in [0.5, 0.6) is 0 Å². The Kier molecular flexibility index (Phi) is 10.7. The van der Waals surface area contributed by atoms with Gasteiger partial charge in [-0.1, -0.05) is 6.08 Å². The summed E-state index contributed by atoms with van der Waals surface area (Å²) < 4.78 is 65.7. The molecule has 2 aliphatic rings. The van der Waals surface area contributed by atoms with Crippen molar-refractivity contribution in [3.05, 3.63) is 28.5 Å². The number of thiophene rings is 1. The zero-order chi connectivity index (χ0) is 32.0. The minimum absolute atomic E-state index is 0.168. The van der Waals surface area contributed by atoms with Crippen molar-refractivity contribution in [3.8, 4) is 0 Å². The molecule has 1 amide bonds. The molecule has 12 N–H and O–H groups in total. The molecule has 42 heavy (non-hydrogen) atoms. The molecule has 240 valence electrons. The first-order valence-electron chi connectivity index (χ1n) is 11.5. The lowest BCUT2D eigenvalue weighted by atomic mass is 9.87. The number of aliphatic hydroxyl groups excluding tert-OH is 5. The van der Waals surface area contributed by atoms with Crippen LogP contribution in [0.15, 0.2) is 18.0 Å². The van der Waals surface area contributed by atoms with Crippen molar-refractivity contribution in [1.29, 1.82) is 0 Å². The molecular weight excluding hydrogens is 660 g/mol. The number of carbonyl (C=O) groups is 1. The van der Waals surface area contributed by atoms with E-state index in [0.29, 0.717) is 6.08 Å². The second-order valence-electron chi connectivity index (χ2n) is 9.11. The third-order valence-electron chi connectivity index (χ3n) is 6.28. The lowest BCUT2D eigenvalue weighted by molar-refractivity contribution is -0.287. The number of anilines is 1. The summed E-state index contributed by atoms with van der Waals surface area (Å²) in [6.07, 6.45) is -17.0. The summed E-state index contributed by atoms with van der Waals surface area (Å²) in [4.78, 5) is 31.7. The van der Waals surface area contributed by atoms with Crippen molar-refractivity contribution in [2.45, 2.75) is 60.5 Å². The fourth-order valence-corrected chi connectivity index (χ4v) is 8.03. The van der Waals surface area contributed by atoms with Crippen LogP contribution >= 0.6 is 25.9 Å². The summed E-state index contributed by atoms with van der Waals surface area (Å²) in [7, 11) is -5.68. The molecule has 0 radical (unpaired) electrons. The van der Waals surface area contributed by atoms with Crippen LogP contribution in [0.2, 0.25) is 0 Å². The molecule has 0 saturated carbocycles. The molecule has 0 spiro atoms. The highest BCUT2D eigenvalue weighted by Crippen LogP contribution is 2.62. The zero-order valence-electron chi connectivity index (χ0n) is 21.0. The van der Waals surface area contributed by atoms with Crippen LogP contribution < -0.4 is 11.5 Å². The first kappa shape index (κ1) is 35.4. The van der Waals surface area contributed by atoms with E-state index in [9.17, 15) is 49.1 Å². The molecule has 23 heteroatoms. The number of carbonyl (C=O) groups excluding carboxylic acids is 1. The van der Waals surface area contributed by atoms with E-state index in [1.165, 1.54) is 5.38 Å². The number of nitrogens with two attached hydrogens (primary N) is 2. The number of nitrogen functional groups attached to an aromatic ring is 1. The first-order chi connectivity index (χ1) is 19.2. The molecule has 2 saturated heterocycles. The number of aliphatic hydroxyl groups is 6. The van der Waals surface area contributed by atoms with Gasteiger partial charge in [-0.3, -0.25) is 9.32 Å². The molecular formula is C19H28F2N2O15P2S2. The summed E-state index contributed by atoms with van der Waals surface area (Å²) in [6, 6.07) is 0. The maximum Gasteiger partial charge on any atom is 0.481 e. The van der Waals surface area contributed by atoms with Gasteiger partial charge >= 0.3 is 14.5 Å². The third kappa shape index (κ3) is 6.93.